The number of sulfonamides is 1. The molecule has 1 saturated carbocycles. The lowest BCUT2D eigenvalue weighted by Gasteiger charge is -2.21. The lowest BCUT2D eigenvalue weighted by Crippen LogP contribution is -2.31. The summed E-state index contributed by atoms with van der Waals surface area (Å²) in [6.45, 7) is 0.507. The number of benzene rings is 2. The van der Waals surface area contributed by atoms with Gasteiger partial charge in [-0.3, -0.25) is 9.59 Å². The van der Waals surface area contributed by atoms with E-state index in [2.05, 4.69) is 22.4 Å². The van der Waals surface area contributed by atoms with Gasteiger partial charge in [0.25, 0.3) is 21.8 Å². The molecule has 210 valence electrons. The summed E-state index contributed by atoms with van der Waals surface area (Å²) in [5, 5.41) is 2.83. The van der Waals surface area contributed by atoms with Crippen LogP contribution in [0.1, 0.15) is 81.7 Å². The lowest BCUT2D eigenvalue weighted by atomic mass is 9.98. The number of aromatic nitrogens is 1. The summed E-state index contributed by atoms with van der Waals surface area (Å²) < 4.78 is 32.9. The Morgan fingerprint density at radius 2 is 1.52 bits per heavy atom. The highest BCUT2D eigenvalue weighted by Gasteiger charge is 2.22. The third kappa shape index (κ3) is 8.22. The minimum Gasteiger partial charge on any atom is -0.458 e. The van der Waals surface area contributed by atoms with Crippen LogP contribution in [0.2, 0.25) is 0 Å². The highest BCUT2D eigenvalue weighted by molar-refractivity contribution is 7.90. The van der Waals surface area contributed by atoms with Crippen LogP contribution in [0.5, 0.6) is 0 Å². The van der Waals surface area contributed by atoms with Gasteiger partial charge in [-0.25, -0.2) is 22.9 Å². The molecule has 1 fully saturated rings. The highest BCUT2D eigenvalue weighted by atomic mass is 32.2. The highest BCUT2D eigenvalue weighted by Crippen LogP contribution is 2.21. The number of unbranched alkanes of at least 4 members (excludes halogenated alkanes) is 1. The molecule has 0 spiro atoms. The monoisotopic (exact) mass is 563 g/mol. The Bertz CT molecular complexity index is 1400. The molecule has 1 aliphatic carbocycles. The molecule has 1 heterocycles. The fourth-order valence-electron chi connectivity index (χ4n) is 4.47. The number of pyridine rings is 1. The summed E-state index contributed by atoms with van der Waals surface area (Å²) in [6, 6.07) is 18.1. The first-order valence-electron chi connectivity index (χ1n) is 13.5. The van der Waals surface area contributed by atoms with E-state index in [1.54, 1.807) is 0 Å². The fraction of sp³-hybridized carbons (Fsp3) is 0.333. The van der Waals surface area contributed by atoms with Gasteiger partial charge in [-0.05, 0) is 86.9 Å². The van der Waals surface area contributed by atoms with Gasteiger partial charge >= 0.3 is 5.97 Å². The first-order chi connectivity index (χ1) is 19.3. The number of rotatable bonds is 11. The third-order valence-corrected chi connectivity index (χ3v) is 8.08. The van der Waals surface area contributed by atoms with Crippen LogP contribution < -0.4 is 10.0 Å². The second-order valence-corrected chi connectivity index (χ2v) is 11.4. The Morgan fingerprint density at radius 3 is 2.20 bits per heavy atom. The number of aryl methyl sites for hydroxylation is 1. The molecule has 2 amide bonds. The summed E-state index contributed by atoms with van der Waals surface area (Å²) in [5.74, 6) is -1.76. The van der Waals surface area contributed by atoms with E-state index in [4.69, 9.17) is 4.74 Å². The van der Waals surface area contributed by atoms with E-state index in [1.807, 2.05) is 22.9 Å². The summed E-state index contributed by atoms with van der Waals surface area (Å²) in [6.07, 6.45) is 8.51. The van der Waals surface area contributed by atoms with Gasteiger partial charge in [-0.15, -0.1) is 0 Å². The second kappa shape index (κ2) is 13.8. The number of esters is 1. The van der Waals surface area contributed by atoms with Crippen molar-refractivity contribution in [3.05, 3.63) is 95.3 Å². The largest absolute Gasteiger partial charge is 0.458 e. The van der Waals surface area contributed by atoms with Crippen molar-refractivity contribution in [2.45, 2.75) is 62.4 Å². The van der Waals surface area contributed by atoms with E-state index in [0.29, 0.717) is 12.1 Å². The van der Waals surface area contributed by atoms with Gasteiger partial charge in [0.15, 0.2) is 0 Å². The summed E-state index contributed by atoms with van der Waals surface area (Å²) in [5.41, 5.74) is 1.59. The lowest BCUT2D eigenvalue weighted by molar-refractivity contribution is 0.0204. The van der Waals surface area contributed by atoms with Crippen molar-refractivity contribution in [2.75, 3.05) is 6.54 Å². The zero-order valence-electron chi connectivity index (χ0n) is 22.2. The average Bonchev–Trinajstić information content (AvgIpc) is 2.98. The number of carbonyl (C=O) groups excluding carboxylic acids is 3. The minimum absolute atomic E-state index is 0.0268. The van der Waals surface area contributed by atoms with Crippen molar-refractivity contribution in [3.8, 4) is 0 Å². The van der Waals surface area contributed by atoms with Gasteiger partial charge in [0.05, 0.1) is 10.5 Å². The smallest absolute Gasteiger partial charge is 0.357 e. The van der Waals surface area contributed by atoms with E-state index >= 15 is 0 Å². The van der Waals surface area contributed by atoms with Gasteiger partial charge in [0, 0.05) is 18.3 Å². The van der Waals surface area contributed by atoms with E-state index < -0.39 is 21.9 Å². The van der Waals surface area contributed by atoms with Gasteiger partial charge in [-0.1, -0.05) is 36.8 Å². The third-order valence-electron chi connectivity index (χ3n) is 6.74. The van der Waals surface area contributed by atoms with Crippen molar-refractivity contribution in [3.63, 3.8) is 0 Å². The van der Waals surface area contributed by atoms with Crippen molar-refractivity contribution in [1.29, 1.82) is 0 Å². The van der Waals surface area contributed by atoms with Gasteiger partial charge in [-0.2, -0.15) is 0 Å². The molecule has 0 bridgehead atoms. The molecule has 0 aliphatic heterocycles. The molecule has 0 unspecified atom stereocenters. The van der Waals surface area contributed by atoms with Gasteiger partial charge < -0.3 is 10.1 Å². The summed E-state index contributed by atoms with van der Waals surface area (Å²) in [4.78, 5) is 41.1. The summed E-state index contributed by atoms with van der Waals surface area (Å²) >= 11 is 0. The maximum absolute atomic E-state index is 12.7. The molecule has 0 radical (unpaired) electrons. The number of hydrogen-bond donors (Lipinski definition) is 2. The number of amides is 2. The Hall–Kier alpha value is -4.05. The van der Waals surface area contributed by atoms with Crippen LogP contribution in [0.4, 0.5) is 0 Å². The predicted molar refractivity (Wildman–Crippen MR) is 149 cm³/mol. The first-order valence-corrected chi connectivity index (χ1v) is 15.0. The van der Waals surface area contributed by atoms with Crippen molar-refractivity contribution in [1.82, 2.24) is 15.0 Å². The molecule has 3 aromatic rings. The number of hydrogen-bond acceptors (Lipinski definition) is 7. The zero-order valence-corrected chi connectivity index (χ0v) is 23.0. The quantitative estimate of drug-likeness (QED) is 0.260. The van der Waals surface area contributed by atoms with E-state index in [-0.39, 0.29) is 28.2 Å². The maximum atomic E-state index is 12.7. The molecular formula is C30H33N3O6S. The van der Waals surface area contributed by atoms with E-state index in [0.717, 1.165) is 57.6 Å². The Balaban J connectivity index is 1.25. The zero-order chi connectivity index (χ0) is 28.4. The maximum Gasteiger partial charge on any atom is 0.357 e. The molecule has 1 aliphatic rings. The van der Waals surface area contributed by atoms with E-state index in [1.165, 1.54) is 42.0 Å². The Morgan fingerprint density at radius 1 is 0.825 bits per heavy atom. The normalized spacial score (nSPS) is 13.8. The molecule has 9 nitrogen and oxygen atoms in total. The first kappa shape index (κ1) is 28.9. The van der Waals surface area contributed by atoms with Crippen LogP contribution in [0.25, 0.3) is 0 Å². The standard InChI is InChI=1S/C30H33N3O6S/c34-28(31-20-8-7-11-22-9-3-1-4-10-22)23-14-17-26(18-15-23)40(37,38)33-29(35)24-16-19-27(32-21-24)30(36)39-25-12-5-2-6-13-25/h1,3-4,9-10,14-19,21,25H,2,5-8,11-13,20H2,(H,31,34)(H,33,35). The van der Waals surface area contributed by atoms with Crippen molar-refractivity contribution >= 4 is 27.8 Å². The number of nitrogens with zero attached hydrogens (tertiary/aromatic N) is 1. The molecule has 40 heavy (non-hydrogen) atoms. The van der Waals surface area contributed by atoms with Crippen molar-refractivity contribution in [2.24, 2.45) is 0 Å². The summed E-state index contributed by atoms with van der Waals surface area (Å²) in [7, 11) is -4.20. The topological polar surface area (TPSA) is 132 Å². The molecule has 2 aromatic carbocycles. The number of carbonyl (C=O) groups is 3. The van der Waals surface area contributed by atoms with Crippen molar-refractivity contribution < 1.29 is 27.5 Å². The molecule has 0 saturated heterocycles. The van der Waals surface area contributed by atoms with Crippen LogP contribution >= 0.6 is 0 Å². The molecule has 0 atom stereocenters. The average molecular weight is 564 g/mol. The number of nitrogens with one attached hydrogen (secondary N) is 2. The van der Waals surface area contributed by atoms with Crippen LogP contribution in [0.3, 0.4) is 0 Å². The van der Waals surface area contributed by atoms with Gasteiger partial charge in [0.2, 0.25) is 0 Å². The SMILES string of the molecule is O=C(NCCCCc1ccccc1)c1ccc(S(=O)(=O)NC(=O)c2ccc(C(=O)OC3CCCCC3)nc2)cc1. The minimum atomic E-state index is -4.20. The fourth-order valence-corrected chi connectivity index (χ4v) is 5.45. The number of ether oxygens (including phenoxy) is 1. The molecular weight excluding hydrogens is 530 g/mol. The molecule has 2 N–H and O–H groups in total. The Labute approximate surface area is 234 Å². The Kier molecular flexibility index (Phi) is 10.0. The van der Waals surface area contributed by atoms with Crippen LogP contribution in [-0.4, -0.2) is 43.8 Å². The second-order valence-electron chi connectivity index (χ2n) is 9.76. The van der Waals surface area contributed by atoms with Gasteiger partial charge in [0.1, 0.15) is 11.8 Å². The predicted octanol–water partition coefficient (Wildman–Crippen LogP) is 4.44. The molecule has 4 rings (SSSR count). The van der Waals surface area contributed by atoms with Crippen LogP contribution in [0.15, 0.2) is 77.8 Å². The van der Waals surface area contributed by atoms with E-state index in [9.17, 15) is 22.8 Å². The molecule has 10 heteroatoms. The molecule has 1 aromatic heterocycles. The van der Waals surface area contributed by atoms with Crippen LogP contribution in [0, 0.1) is 0 Å². The van der Waals surface area contributed by atoms with Crippen LogP contribution in [-0.2, 0) is 21.2 Å².